The molecular formula is C31H33BF2N4O5S. The van der Waals surface area contributed by atoms with Gasteiger partial charge in [0, 0.05) is 11.0 Å². The Hall–Kier alpha value is -3.81. The fourth-order valence-corrected chi connectivity index (χ4v) is 6.45. The molecule has 1 aliphatic heterocycles. The van der Waals surface area contributed by atoms with Crippen LogP contribution in [-0.2, 0) is 25.8 Å². The van der Waals surface area contributed by atoms with E-state index in [1.165, 1.54) is 41.0 Å². The molecule has 0 unspecified atom stereocenters. The van der Waals surface area contributed by atoms with Crippen molar-refractivity contribution in [3.63, 3.8) is 0 Å². The van der Waals surface area contributed by atoms with E-state index in [4.69, 9.17) is 15.0 Å². The second kappa shape index (κ2) is 10.7. The van der Waals surface area contributed by atoms with Gasteiger partial charge in [0.15, 0.2) is 0 Å². The van der Waals surface area contributed by atoms with Crippen LogP contribution in [0, 0.1) is 11.6 Å². The average molecular weight is 623 g/mol. The number of primary amides is 1. The summed E-state index contributed by atoms with van der Waals surface area (Å²) in [5, 5.41) is 4.50. The van der Waals surface area contributed by atoms with E-state index in [-0.39, 0.29) is 34.8 Å². The van der Waals surface area contributed by atoms with Crippen LogP contribution in [0.5, 0.6) is 0 Å². The molecule has 2 aromatic carbocycles. The molecule has 0 atom stereocenters. The van der Waals surface area contributed by atoms with Gasteiger partial charge in [-0.3, -0.25) is 9.52 Å². The second-order valence-corrected chi connectivity index (χ2v) is 14.3. The van der Waals surface area contributed by atoms with Crippen molar-refractivity contribution < 1.29 is 31.3 Å². The van der Waals surface area contributed by atoms with Gasteiger partial charge in [0.2, 0.25) is 10.0 Å². The highest BCUT2D eigenvalue weighted by Crippen LogP contribution is 2.45. The number of hydrogen-bond acceptors (Lipinski definition) is 6. The third-order valence-corrected chi connectivity index (χ3v) is 9.95. The summed E-state index contributed by atoms with van der Waals surface area (Å²) in [6.45, 7) is 7.54. The normalized spacial score (nSPS) is 17.7. The number of pyridine rings is 1. The van der Waals surface area contributed by atoms with Crippen LogP contribution in [0.4, 0.5) is 14.5 Å². The highest BCUT2D eigenvalue weighted by atomic mass is 32.2. The topological polar surface area (TPSA) is 125 Å². The van der Waals surface area contributed by atoms with Gasteiger partial charge in [-0.1, -0.05) is 12.1 Å². The van der Waals surface area contributed by atoms with Crippen molar-refractivity contribution in [1.82, 2.24) is 9.61 Å². The number of aryl methyl sites for hydroxylation is 1. The van der Waals surface area contributed by atoms with Crippen molar-refractivity contribution in [2.24, 2.45) is 5.73 Å². The minimum Gasteiger partial charge on any atom is -0.399 e. The number of nitrogens with zero attached hydrogens (tertiary/aromatic N) is 2. The molecule has 0 bridgehead atoms. The zero-order valence-electron chi connectivity index (χ0n) is 24.9. The van der Waals surface area contributed by atoms with Gasteiger partial charge in [0.05, 0.1) is 39.9 Å². The zero-order valence-corrected chi connectivity index (χ0v) is 25.7. The maximum absolute atomic E-state index is 15.1. The first-order chi connectivity index (χ1) is 20.6. The van der Waals surface area contributed by atoms with Crippen LogP contribution >= 0.6 is 0 Å². The lowest BCUT2D eigenvalue weighted by Crippen LogP contribution is -2.41. The Labute approximate surface area is 254 Å². The van der Waals surface area contributed by atoms with Crippen molar-refractivity contribution in [2.75, 3.05) is 10.5 Å². The van der Waals surface area contributed by atoms with Gasteiger partial charge >= 0.3 is 7.12 Å². The molecule has 9 nitrogen and oxygen atoms in total. The molecule has 2 aliphatic rings. The van der Waals surface area contributed by atoms with E-state index in [0.29, 0.717) is 22.3 Å². The summed E-state index contributed by atoms with van der Waals surface area (Å²) in [5.41, 5.74) is 7.68. The number of anilines is 1. The summed E-state index contributed by atoms with van der Waals surface area (Å²) < 4.78 is 71.2. The lowest BCUT2D eigenvalue weighted by atomic mass is 9.78. The van der Waals surface area contributed by atoms with Crippen LogP contribution in [0.3, 0.4) is 0 Å². The first-order valence-electron chi connectivity index (χ1n) is 14.4. The van der Waals surface area contributed by atoms with E-state index in [0.717, 1.165) is 18.4 Å². The highest BCUT2D eigenvalue weighted by Gasteiger charge is 2.52. The van der Waals surface area contributed by atoms with Gasteiger partial charge < -0.3 is 15.0 Å². The fourth-order valence-electron chi connectivity index (χ4n) is 5.33. The molecule has 1 aliphatic carbocycles. The molecule has 2 fully saturated rings. The lowest BCUT2D eigenvalue weighted by Gasteiger charge is -2.32. The van der Waals surface area contributed by atoms with E-state index in [1.54, 1.807) is 18.2 Å². The van der Waals surface area contributed by atoms with E-state index < -0.39 is 45.9 Å². The number of halogens is 2. The minimum absolute atomic E-state index is 0.0687. The summed E-state index contributed by atoms with van der Waals surface area (Å²) in [6, 6.07) is 11.8. The third-order valence-electron chi connectivity index (χ3n) is 8.68. The monoisotopic (exact) mass is 622 g/mol. The van der Waals surface area contributed by atoms with E-state index in [2.05, 4.69) is 9.82 Å². The summed E-state index contributed by atoms with van der Waals surface area (Å²) in [5.74, 6) is -1.86. The smallest absolute Gasteiger partial charge is 0.399 e. The van der Waals surface area contributed by atoms with Gasteiger partial charge in [-0.15, -0.1) is 0 Å². The van der Waals surface area contributed by atoms with Gasteiger partial charge in [0.1, 0.15) is 17.3 Å². The Bertz CT molecular complexity index is 1870. The number of carbonyl (C=O) groups is 1. The van der Waals surface area contributed by atoms with E-state index in [1.807, 2.05) is 27.7 Å². The van der Waals surface area contributed by atoms with E-state index >= 15 is 4.39 Å². The summed E-state index contributed by atoms with van der Waals surface area (Å²) in [6.07, 6.45) is 3.33. The highest BCUT2D eigenvalue weighted by molar-refractivity contribution is 7.92. The number of sulfonamides is 1. The standard InChI is InChI=1S/C31H33BF2N4O5S/c1-30(2)31(3,4)43-32(42-30)23-12-5-18(15-24(23)34)13-14-44(40,41)37-25-17-38-26(16-22(25)19-6-7-19)27(29(35)39)28(36-38)20-8-10-21(33)11-9-20/h5,8-12,15-17,19,37H,6-7,13-14H2,1-4H3,(H2,35,39). The van der Waals surface area contributed by atoms with Crippen molar-refractivity contribution >= 4 is 39.7 Å². The molecular weight excluding hydrogens is 589 g/mol. The Morgan fingerprint density at radius 2 is 1.73 bits per heavy atom. The number of aromatic nitrogens is 2. The molecule has 1 saturated carbocycles. The first-order valence-corrected chi connectivity index (χ1v) is 16.1. The molecule has 0 radical (unpaired) electrons. The molecule has 2 aromatic heterocycles. The van der Waals surface area contributed by atoms with Crippen LogP contribution in [0.25, 0.3) is 16.8 Å². The molecule has 1 amide bonds. The number of benzene rings is 2. The second-order valence-electron chi connectivity index (χ2n) is 12.5. The molecule has 3 heterocycles. The third kappa shape index (κ3) is 5.71. The van der Waals surface area contributed by atoms with Crippen LogP contribution in [0.2, 0.25) is 0 Å². The molecule has 13 heteroatoms. The summed E-state index contributed by atoms with van der Waals surface area (Å²) in [7, 11) is -4.74. The Morgan fingerprint density at radius 1 is 1.07 bits per heavy atom. The van der Waals surface area contributed by atoms with Crippen LogP contribution in [0.1, 0.15) is 67.9 Å². The number of nitrogens with two attached hydrogens (primary N) is 1. The molecule has 1 saturated heterocycles. The minimum atomic E-state index is -3.87. The van der Waals surface area contributed by atoms with Crippen LogP contribution in [0.15, 0.2) is 54.7 Å². The lowest BCUT2D eigenvalue weighted by molar-refractivity contribution is 0.00578. The van der Waals surface area contributed by atoms with Crippen molar-refractivity contribution in [3.05, 3.63) is 83.1 Å². The SMILES string of the molecule is CC1(C)OB(c2ccc(CCS(=O)(=O)Nc3cn4nc(-c5ccc(F)cc5)c(C(N)=O)c4cc3C3CC3)cc2F)OC1(C)C. The van der Waals surface area contributed by atoms with E-state index in [9.17, 15) is 17.6 Å². The summed E-state index contributed by atoms with van der Waals surface area (Å²) >= 11 is 0. The number of nitrogens with one attached hydrogen (secondary N) is 1. The van der Waals surface area contributed by atoms with Crippen LogP contribution < -0.4 is 15.9 Å². The van der Waals surface area contributed by atoms with Gasteiger partial charge in [-0.2, -0.15) is 5.10 Å². The van der Waals surface area contributed by atoms with Crippen molar-refractivity contribution in [3.8, 4) is 11.3 Å². The average Bonchev–Trinajstić information content (AvgIpc) is 3.66. The molecule has 3 N–H and O–H groups in total. The fraction of sp³-hybridized carbons (Fsp3) is 0.355. The molecule has 6 rings (SSSR count). The Balaban J connectivity index is 1.24. The van der Waals surface area contributed by atoms with Gasteiger partial charge in [0.25, 0.3) is 5.91 Å². The van der Waals surface area contributed by atoms with Crippen LogP contribution in [-0.4, -0.2) is 48.0 Å². The maximum Gasteiger partial charge on any atom is 0.497 e. The predicted octanol–water partition coefficient (Wildman–Crippen LogP) is 4.54. The number of hydrogen-bond donors (Lipinski definition) is 2. The number of amides is 1. The first kappa shape index (κ1) is 30.2. The molecule has 0 spiro atoms. The van der Waals surface area contributed by atoms with Gasteiger partial charge in [-0.25, -0.2) is 21.7 Å². The number of rotatable bonds is 9. The molecule has 44 heavy (non-hydrogen) atoms. The molecule has 4 aromatic rings. The molecule has 230 valence electrons. The van der Waals surface area contributed by atoms with Crippen molar-refractivity contribution in [1.29, 1.82) is 0 Å². The largest absolute Gasteiger partial charge is 0.497 e. The summed E-state index contributed by atoms with van der Waals surface area (Å²) in [4.78, 5) is 12.5. The quantitative estimate of drug-likeness (QED) is 0.264. The van der Waals surface area contributed by atoms with Crippen molar-refractivity contribution in [2.45, 2.75) is 64.1 Å². The maximum atomic E-state index is 15.1. The predicted molar refractivity (Wildman–Crippen MR) is 164 cm³/mol. The number of carbonyl (C=O) groups excluding carboxylic acids is 1. The Kier molecular flexibility index (Phi) is 7.33. The van der Waals surface area contributed by atoms with Gasteiger partial charge in [-0.05, 0) is 100 Å². The number of fused-ring (bicyclic) bond motifs is 1. The zero-order chi connectivity index (χ0) is 31.6. The Morgan fingerprint density at radius 3 is 2.32 bits per heavy atom.